The monoisotopic (exact) mass is 208 g/mol. The summed E-state index contributed by atoms with van der Waals surface area (Å²) in [4.78, 5) is 0. The SMILES string of the molecule is CCCn1nncc1C(O)c1cn[nH]n1. The minimum absolute atomic E-state index is 0.467. The number of hydrogen-bond acceptors (Lipinski definition) is 5. The van der Waals surface area contributed by atoms with Crippen LogP contribution >= 0.6 is 0 Å². The van der Waals surface area contributed by atoms with Gasteiger partial charge in [-0.1, -0.05) is 12.1 Å². The lowest BCUT2D eigenvalue weighted by atomic mass is 10.2. The van der Waals surface area contributed by atoms with Gasteiger partial charge < -0.3 is 5.11 Å². The molecule has 2 N–H and O–H groups in total. The smallest absolute Gasteiger partial charge is 0.143 e. The average molecular weight is 208 g/mol. The van der Waals surface area contributed by atoms with Gasteiger partial charge in [-0.3, -0.25) is 0 Å². The van der Waals surface area contributed by atoms with Crippen LogP contribution in [0.4, 0.5) is 0 Å². The van der Waals surface area contributed by atoms with Gasteiger partial charge in [0.2, 0.25) is 0 Å². The molecule has 0 saturated carbocycles. The van der Waals surface area contributed by atoms with Gasteiger partial charge in [-0.2, -0.15) is 15.4 Å². The molecule has 15 heavy (non-hydrogen) atoms. The molecule has 80 valence electrons. The zero-order valence-electron chi connectivity index (χ0n) is 8.33. The maximum atomic E-state index is 9.95. The minimum atomic E-state index is -0.828. The summed E-state index contributed by atoms with van der Waals surface area (Å²) in [5.41, 5.74) is 1.10. The zero-order chi connectivity index (χ0) is 10.7. The third-order valence-electron chi connectivity index (χ3n) is 2.08. The second-order valence-electron chi connectivity index (χ2n) is 3.18. The second kappa shape index (κ2) is 4.18. The normalized spacial score (nSPS) is 12.9. The van der Waals surface area contributed by atoms with E-state index < -0.39 is 6.10 Å². The number of nitrogens with one attached hydrogen (secondary N) is 1. The summed E-state index contributed by atoms with van der Waals surface area (Å²) in [6.45, 7) is 2.76. The lowest BCUT2D eigenvalue weighted by molar-refractivity contribution is 0.202. The first kappa shape index (κ1) is 9.78. The van der Waals surface area contributed by atoms with Gasteiger partial charge in [-0.15, -0.1) is 5.10 Å². The molecule has 2 rings (SSSR count). The first-order chi connectivity index (χ1) is 7.33. The summed E-state index contributed by atoms with van der Waals surface area (Å²) < 4.78 is 1.67. The topological polar surface area (TPSA) is 92.5 Å². The summed E-state index contributed by atoms with van der Waals surface area (Å²) in [5.74, 6) is 0. The molecule has 0 aromatic carbocycles. The molecule has 0 bridgehead atoms. The molecule has 2 aromatic rings. The molecule has 7 nitrogen and oxygen atoms in total. The Morgan fingerprint density at radius 3 is 3.07 bits per heavy atom. The van der Waals surface area contributed by atoms with Crippen molar-refractivity contribution in [1.29, 1.82) is 0 Å². The number of nitrogens with zero attached hydrogens (tertiary/aromatic N) is 5. The first-order valence-corrected chi connectivity index (χ1v) is 4.75. The number of hydrogen-bond donors (Lipinski definition) is 2. The van der Waals surface area contributed by atoms with Gasteiger partial charge in [0.05, 0.1) is 18.1 Å². The van der Waals surface area contributed by atoms with Crippen LogP contribution < -0.4 is 0 Å². The molecule has 0 amide bonds. The Labute approximate surface area is 86.1 Å². The molecule has 0 saturated heterocycles. The number of rotatable bonds is 4. The van der Waals surface area contributed by atoms with Crippen molar-refractivity contribution in [3.63, 3.8) is 0 Å². The Balaban J connectivity index is 2.25. The highest BCUT2D eigenvalue weighted by Crippen LogP contribution is 2.17. The van der Waals surface area contributed by atoms with Crippen LogP contribution in [-0.2, 0) is 6.54 Å². The van der Waals surface area contributed by atoms with E-state index in [0.717, 1.165) is 13.0 Å². The molecule has 1 unspecified atom stereocenters. The molecule has 0 spiro atoms. The number of aliphatic hydroxyl groups is 1. The summed E-state index contributed by atoms with van der Waals surface area (Å²) in [5, 5.41) is 27.5. The molecule has 0 radical (unpaired) electrons. The summed E-state index contributed by atoms with van der Waals surface area (Å²) in [6, 6.07) is 0. The zero-order valence-corrected chi connectivity index (χ0v) is 8.33. The van der Waals surface area contributed by atoms with Gasteiger partial charge in [0.15, 0.2) is 0 Å². The molecular formula is C8H12N6O. The van der Waals surface area contributed by atoms with E-state index in [4.69, 9.17) is 0 Å². The molecule has 0 fully saturated rings. The van der Waals surface area contributed by atoms with Crippen LogP contribution in [0.3, 0.4) is 0 Å². The lowest BCUT2D eigenvalue weighted by Gasteiger charge is -2.08. The summed E-state index contributed by atoms with van der Waals surface area (Å²) in [6.07, 6.45) is 3.12. The van der Waals surface area contributed by atoms with E-state index in [9.17, 15) is 5.11 Å². The van der Waals surface area contributed by atoms with Gasteiger partial charge in [0.1, 0.15) is 11.8 Å². The molecule has 0 aliphatic carbocycles. The highest BCUT2D eigenvalue weighted by molar-refractivity contribution is 5.12. The van der Waals surface area contributed by atoms with Crippen molar-refractivity contribution in [2.75, 3.05) is 0 Å². The fourth-order valence-electron chi connectivity index (χ4n) is 1.36. The third kappa shape index (κ3) is 1.86. The summed E-state index contributed by atoms with van der Waals surface area (Å²) >= 11 is 0. The fraction of sp³-hybridized carbons (Fsp3) is 0.500. The van der Waals surface area contributed by atoms with E-state index in [0.29, 0.717) is 11.4 Å². The van der Waals surface area contributed by atoms with Crippen LogP contribution in [0.1, 0.15) is 30.8 Å². The number of aromatic amines is 1. The quantitative estimate of drug-likeness (QED) is 0.731. The van der Waals surface area contributed by atoms with Gasteiger partial charge in [-0.25, -0.2) is 4.68 Å². The van der Waals surface area contributed by atoms with E-state index in [-0.39, 0.29) is 0 Å². The Hall–Kier alpha value is -1.76. The van der Waals surface area contributed by atoms with Crippen molar-refractivity contribution in [3.05, 3.63) is 23.8 Å². The largest absolute Gasteiger partial charge is 0.380 e. The number of H-pyrrole nitrogens is 1. The molecule has 0 aliphatic heterocycles. The maximum Gasteiger partial charge on any atom is 0.143 e. The van der Waals surface area contributed by atoms with E-state index >= 15 is 0 Å². The Bertz CT molecular complexity index is 408. The minimum Gasteiger partial charge on any atom is -0.380 e. The van der Waals surface area contributed by atoms with Gasteiger partial charge >= 0.3 is 0 Å². The second-order valence-corrected chi connectivity index (χ2v) is 3.18. The molecule has 2 aromatic heterocycles. The van der Waals surface area contributed by atoms with Crippen LogP contribution in [0.25, 0.3) is 0 Å². The standard InChI is InChI=1S/C8H12N6O/c1-2-3-14-7(5-10-13-14)8(15)6-4-9-12-11-6/h4-5,8,15H,2-3H2,1H3,(H,9,11,12). The number of aryl methyl sites for hydroxylation is 1. The van der Waals surface area contributed by atoms with Crippen molar-refractivity contribution in [3.8, 4) is 0 Å². The van der Waals surface area contributed by atoms with Crippen LogP contribution in [0.5, 0.6) is 0 Å². The predicted molar refractivity (Wildman–Crippen MR) is 50.8 cm³/mol. The summed E-state index contributed by atoms with van der Waals surface area (Å²) in [7, 11) is 0. The van der Waals surface area contributed by atoms with Crippen molar-refractivity contribution in [2.24, 2.45) is 0 Å². The number of aliphatic hydroxyl groups excluding tert-OH is 1. The maximum absolute atomic E-state index is 9.95. The molecule has 7 heteroatoms. The van der Waals surface area contributed by atoms with Crippen molar-refractivity contribution < 1.29 is 5.11 Å². The Morgan fingerprint density at radius 1 is 1.53 bits per heavy atom. The average Bonchev–Trinajstić information content (AvgIpc) is 2.87. The van der Waals surface area contributed by atoms with Crippen LogP contribution in [-0.4, -0.2) is 35.5 Å². The Morgan fingerprint density at radius 2 is 2.40 bits per heavy atom. The fourth-order valence-corrected chi connectivity index (χ4v) is 1.36. The first-order valence-electron chi connectivity index (χ1n) is 4.75. The van der Waals surface area contributed by atoms with E-state index in [2.05, 4.69) is 25.7 Å². The van der Waals surface area contributed by atoms with Crippen LogP contribution in [0, 0.1) is 0 Å². The molecular weight excluding hydrogens is 196 g/mol. The van der Waals surface area contributed by atoms with Crippen molar-refractivity contribution >= 4 is 0 Å². The lowest BCUT2D eigenvalue weighted by Crippen LogP contribution is -2.10. The van der Waals surface area contributed by atoms with E-state index in [1.54, 1.807) is 4.68 Å². The molecule has 0 aliphatic rings. The van der Waals surface area contributed by atoms with Gasteiger partial charge in [0.25, 0.3) is 0 Å². The predicted octanol–water partition coefficient (Wildman–Crippen LogP) is -0.112. The van der Waals surface area contributed by atoms with E-state index in [1.807, 2.05) is 6.92 Å². The van der Waals surface area contributed by atoms with E-state index in [1.165, 1.54) is 12.4 Å². The van der Waals surface area contributed by atoms with Gasteiger partial charge in [-0.05, 0) is 6.42 Å². The molecule has 2 heterocycles. The molecule has 1 atom stereocenters. The Kier molecular flexibility index (Phi) is 2.72. The van der Waals surface area contributed by atoms with Crippen LogP contribution in [0.15, 0.2) is 12.4 Å². The number of aromatic nitrogens is 6. The van der Waals surface area contributed by atoms with Crippen molar-refractivity contribution in [1.82, 2.24) is 30.4 Å². The highest BCUT2D eigenvalue weighted by atomic mass is 16.3. The third-order valence-corrected chi connectivity index (χ3v) is 2.08. The van der Waals surface area contributed by atoms with Gasteiger partial charge in [0, 0.05) is 6.54 Å². The van der Waals surface area contributed by atoms with Crippen LogP contribution in [0.2, 0.25) is 0 Å². The van der Waals surface area contributed by atoms with Crippen molar-refractivity contribution in [2.45, 2.75) is 26.0 Å². The highest BCUT2D eigenvalue weighted by Gasteiger charge is 2.18.